The van der Waals surface area contributed by atoms with Crippen molar-refractivity contribution in [3.63, 3.8) is 0 Å². The molecule has 1 aromatic carbocycles. The van der Waals surface area contributed by atoms with Crippen LogP contribution >= 0.6 is 0 Å². The van der Waals surface area contributed by atoms with E-state index >= 15 is 0 Å². The van der Waals surface area contributed by atoms with Crippen molar-refractivity contribution in [1.29, 1.82) is 0 Å². The first kappa shape index (κ1) is 24.3. The van der Waals surface area contributed by atoms with Crippen LogP contribution in [0.3, 0.4) is 0 Å². The average Bonchev–Trinajstić information content (AvgIpc) is 2.76. The summed E-state index contributed by atoms with van der Waals surface area (Å²) in [5.41, 5.74) is 2.76. The molecule has 1 fully saturated rings. The number of hydroxylamine groups is 1. The number of ether oxygens (including phenoxy) is 2. The molecule has 1 saturated carbocycles. The van der Waals surface area contributed by atoms with Gasteiger partial charge in [0.25, 0.3) is 0 Å². The Bertz CT molecular complexity index is 632. The fourth-order valence-corrected chi connectivity index (χ4v) is 3.96. The third-order valence-corrected chi connectivity index (χ3v) is 5.80. The van der Waals surface area contributed by atoms with Crippen LogP contribution in [0.1, 0.15) is 51.5 Å². The predicted molar refractivity (Wildman–Crippen MR) is 114 cm³/mol. The lowest BCUT2D eigenvalue weighted by Gasteiger charge is -2.29. The molecule has 0 unspecified atom stereocenters. The summed E-state index contributed by atoms with van der Waals surface area (Å²) in [6.45, 7) is 5.04. The minimum absolute atomic E-state index is 0.00911. The lowest BCUT2D eigenvalue weighted by Crippen LogP contribution is -2.45. The van der Waals surface area contributed by atoms with E-state index in [0.717, 1.165) is 31.2 Å². The van der Waals surface area contributed by atoms with Gasteiger partial charge >= 0.3 is 0 Å². The highest BCUT2D eigenvalue weighted by Crippen LogP contribution is 2.28. The minimum atomic E-state index is -0.496. The molecule has 0 aliphatic heterocycles. The number of carbonyl (C=O) groups excluding carboxylic acids is 2. The van der Waals surface area contributed by atoms with Crippen molar-refractivity contribution >= 4 is 11.8 Å². The van der Waals surface area contributed by atoms with Gasteiger partial charge in [-0.05, 0) is 56.9 Å². The Kier molecular flexibility index (Phi) is 10.8. The number of hydrogen-bond donors (Lipinski definition) is 3. The van der Waals surface area contributed by atoms with Gasteiger partial charge in [-0.3, -0.25) is 14.8 Å². The number of hydrogen-bond acceptors (Lipinski definition) is 5. The first-order valence-electron chi connectivity index (χ1n) is 11.0. The highest BCUT2D eigenvalue weighted by atomic mass is 16.7. The maximum Gasteiger partial charge on any atom is 0.246 e. The lowest BCUT2D eigenvalue weighted by molar-refractivity contribution is -0.135. The molecule has 1 aromatic rings. The Hall–Kier alpha value is -1.96. The van der Waals surface area contributed by atoms with Gasteiger partial charge in [0.05, 0.1) is 12.6 Å². The molecule has 7 heteroatoms. The van der Waals surface area contributed by atoms with Gasteiger partial charge in [-0.2, -0.15) is 0 Å². The second-order valence-corrected chi connectivity index (χ2v) is 8.24. The van der Waals surface area contributed by atoms with E-state index in [-0.39, 0.29) is 31.3 Å². The largest absolute Gasteiger partial charge is 0.356 e. The first-order chi connectivity index (χ1) is 14.5. The van der Waals surface area contributed by atoms with Crippen LogP contribution in [-0.4, -0.2) is 43.1 Å². The van der Waals surface area contributed by atoms with E-state index in [4.69, 9.17) is 9.47 Å². The van der Waals surface area contributed by atoms with Gasteiger partial charge in [-0.15, -0.1) is 0 Å². The predicted octanol–water partition coefficient (Wildman–Crippen LogP) is 3.06. The summed E-state index contributed by atoms with van der Waals surface area (Å²) in [5, 5.41) is 12.3. The molecule has 0 bridgehead atoms. The third-order valence-electron chi connectivity index (χ3n) is 5.80. The van der Waals surface area contributed by atoms with Crippen LogP contribution in [0.15, 0.2) is 30.3 Å². The Balaban J connectivity index is 2.02. The van der Waals surface area contributed by atoms with Crippen LogP contribution in [0.5, 0.6) is 0 Å². The molecule has 0 heterocycles. The number of amides is 2. The highest BCUT2D eigenvalue weighted by Gasteiger charge is 2.29. The van der Waals surface area contributed by atoms with Gasteiger partial charge in [-0.1, -0.05) is 37.3 Å². The van der Waals surface area contributed by atoms with Crippen molar-refractivity contribution in [2.24, 2.45) is 17.8 Å². The van der Waals surface area contributed by atoms with Crippen LogP contribution in [0.25, 0.3) is 0 Å². The van der Waals surface area contributed by atoms with Crippen molar-refractivity contribution in [3.05, 3.63) is 35.9 Å². The van der Waals surface area contributed by atoms with E-state index in [0.29, 0.717) is 25.4 Å². The maximum absolute atomic E-state index is 12.8. The first-order valence-corrected chi connectivity index (χ1v) is 11.0. The average molecular weight is 421 g/mol. The fraction of sp³-hybridized carbons (Fsp3) is 0.652. The van der Waals surface area contributed by atoms with Crippen molar-refractivity contribution in [2.75, 3.05) is 20.0 Å². The molecule has 2 atom stereocenters. The standard InChI is InChI=1S/C23H36N2O5/c1-3-29-16-30-15-21(24-22(26)19-11-9-17(2)10-12-19)14-20(23(27)25-28)13-18-7-5-4-6-8-18/h4-8,17,19-21,28H,3,9-16H2,1-2H3,(H,24,26)(H,25,27)/t17?,19?,20-,21-/m0/s1. The lowest BCUT2D eigenvalue weighted by atomic mass is 9.82. The minimum Gasteiger partial charge on any atom is -0.356 e. The van der Waals surface area contributed by atoms with E-state index in [9.17, 15) is 14.8 Å². The Morgan fingerprint density at radius 2 is 1.83 bits per heavy atom. The molecule has 0 saturated heterocycles. The monoisotopic (exact) mass is 420 g/mol. The van der Waals surface area contributed by atoms with Crippen LogP contribution < -0.4 is 10.8 Å². The smallest absolute Gasteiger partial charge is 0.246 e. The zero-order valence-electron chi connectivity index (χ0n) is 18.1. The third kappa shape index (κ3) is 8.42. The molecule has 0 radical (unpaired) electrons. The molecule has 1 aliphatic rings. The van der Waals surface area contributed by atoms with Crippen LogP contribution in [0, 0.1) is 17.8 Å². The number of benzene rings is 1. The molecule has 30 heavy (non-hydrogen) atoms. The van der Waals surface area contributed by atoms with E-state index in [2.05, 4.69) is 12.2 Å². The summed E-state index contributed by atoms with van der Waals surface area (Å²) in [6, 6.07) is 9.29. The summed E-state index contributed by atoms with van der Waals surface area (Å²) < 4.78 is 10.8. The molecule has 168 valence electrons. The van der Waals surface area contributed by atoms with Crippen molar-refractivity contribution in [3.8, 4) is 0 Å². The van der Waals surface area contributed by atoms with Gasteiger partial charge in [-0.25, -0.2) is 5.48 Å². The van der Waals surface area contributed by atoms with Crippen LogP contribution in [0.2, 0.25) is 0 Å². The Morgan fingerprint density at radius 3 is 2.47 bits per heavy atom. The molecular formula is C23H36N2O5. The van der Waals surface area contributed by atoms with E-state index < -0.39 is 11.8 Å². The second-order valence-electron chi connectivity index (χ2n) is 8.24. The van der Waals surface area contributed by atoms with Gasteiger partial charge in [0.15, 0.2) is 0 Å². The summed E-state index contributed by atoms with van der Waals surface area (Å²) in [5.74, 6) is -0.258. The van der Waals surface area contributed by atoms with Crippen molar-refractivity contribution < 1.29 is 24.3 Å². The van der Waals surface area contributed by atoms with E-state index in [1.807, 2.05) is 37.3 Å². The van der Waals surface area contributed by atoms with Gasteiger partial charge in [0.2, 0.25) is 11.8 Å². The molecule has 3 N–H and O–H groups in total. The molecule has 0 spiro atoms. The van der Waals surface area contributed by atoms with Crippen molar-refractivity contribution in [1.82, 2.24) is 10.8 Å². The number of nitrogens with one attached hydrogen (secondary N) is 2. The maximum atomic E-state index is 12.8. The Labute approximate surface area is 179 Å². The van der Waals surface area contributed by atoms with Gasteiger partial charge in [0.1, 0.15) is 6.79 Å². The van der Waals surface area contributed by atoms with E-state index in [1.54, 1.807) is 5.48 Å². The van der Waals surface area contributed by atoms with Crippen LogP contribution in [-0.2, 0) is 25.5 Å². The Morgan fingerprint density at radius 1 is 1.13 bits per heavy atom. The molecule has 0 aromatic heterocycles. The zero-order valence-corrected chi connectivity index (χ0v) is 18.1. The number of rotatable bonds is 12. The summed E-state index contributed by atoms with van der Waals surface area (Å²) in [6.07, 6.45) is 4.74. The molecule has 2 amide bonds. The van der Waals surface area contributed by atoms with Gasteiger partial charge < -0.3 is 14.8 Å². The molecule has 1 aliphatic carbocycles. The van der Waals surface area contributed by atoms with Gasteiger partial charge in [0, 0.05) is 18.4 Å². The topological polar surface area (TPSA) is 96.9 Å². The molecule has 7 nitrogen and oxygen atoms in total. The second kappa shape index (κ2) is 13.4. The summed E-state index contributed by atoms with van der Waals surface area (Å²) in [4.78, 5) is 25.1. The van der Waals surface area contributed by atoms with E-state index in [1.165, 1.54) is 0 Å². The fourth-order valence-electron chi connectivity index (χ4n) is 3.96. The molecular weight excluding hydrogens is 384 g/mol. The SMILES string of the molecule is CCOCOC[C@H](C[C@H](Cc1ccccc1)C(=O)NO)NC(=O)C1CCC(C)CC1. The normalized spacial score (nSPS) is 20.9. The quantitative estimate of drug-likeness (QED) is 0.209. The summed E-state index contributed by atoms with van der Waals surface area (Å²) in [7, 11) is 0. The zero-order chi connectivity index (χ0) is 21.8. The van der Waals surface area contributed by atoms with Crippen molar-refractivity contribution in [2.45, 2.75) is 58.4 Å². The highest BCUT2D eigenvalue weighted by molar-refractivity contribution is 5.80. The van der Waals surface area contributed by atoms with Crippen LogP contribution in [0.4, 0.5) is 0 Å². The number of carbonyl (C=O) groups is 2. The molecule has 2 rings (SSSR count). The summed E-state index contributed by atoms with van der Waals surface area (Å²) >= 11 is 0.